The summed E-state index contributed by atoms with van der Waals surface area (Å²) in [6, 6.07) is 5.09. The van der Waals surface area contributed by atoms with Crippen LogP contribution >= 0.6 is 0 Å². The lowest BCUT2D eigenvalue weighted by Crippen LogP contribution is -2.34. The highest BCUT2D eigenvalue weighted by Crippen LogP contribution is 2.29. The van der Waals surface area contributed by atoms with Crippen molar-refractivity contribution in [2.24, 2.45) is 5.92 Å². The van der Waals surface area contributed by atoms with Gasteiger partial charge in [-0.2, -0.15) is 0 Å². The standard InChI is InChI=1S/C14H25N3O2S/c1-10(2)11(3)17(6)14-9-12(7-8-13(14)15)20(18,19)16(4)5/h7-11H,15H2,1-6H3. The maximum atomic E-state index is 12.2. The Morgan fingerprint density at radius 1 is 1.10 bits per heavy atom. The van der Waals surface area contributed by atoms with Crippen molar-refractivity contribution in [2.45, 2.75) is 31.7 Å². The van der Waals surface area contributed by atoms with E-state index >= 15 is 0 Å². The van der Waals surface area contributed by atoms with Crippen LogP contribution in [0.1, 0.15) is 20.8 Å². The molecule has 114 valence electrons. The molecule has 0 aromatic heterocycles. The summed E-state index contributed by atoms with van der Waals surface area (Å²) in [4.78, 5) is 2.28. The first-order valence-corrected chi connectivity index (χ1v) is 8.08. The second-order valence-corrected chi connectivity index (χ2v) is 7.76. The smallest absolute Gasteiger partial charge is 0.242 e. The summed E-state index contributed by atoms with van der Waals surface area (Å²) in [7, 11) is 1.53. The summed E-state index contributed by atoms with van der Waals surface area (Å²) in [5, 5.41) is 0. The third-order valence-electron chi connectivity index (χ3n) is 3.74. The zero-order chi connectivity index (χ0) is 15.7. The molecule has 1 rings (SSSR count). The molecular formula is C14H25N3O2S. The zero-order valence-electron chi connectivity index (χ0n) is 13.1. The normalized spacial score (nSPS) is 13.8. The molecule has 1 unspecified atom stereocenters. The van der Waals surface area contributed by atoms with Gasteiger partial charge >= 0.3 is 0 Å². The number of anilines is 2. The molecule has 1 atom stereocenters. The van der Waals surface area contributed by atoms with Crippen LogP contribution in [0.2, 0.25) is 0 Å². The van der Waals surface area contributed by atoms with Crippen molar-refractivity contribution in [3.63, 3.8) is 0 Å². The Morgan fingerprint density at radius 3 is 2.10 bits per heavy atom. The number of hydrogen-bond acceptors (Lipinski definition) is 4. The third kappa shape index (κ3) is 3.24. The topological polar surface area (TPSA) is 66.6 Å². The molecule has 0 saturated heterocycles. The van der Waals surface area contributed by atoms with Gasteiger partial charge in [-0.05, 0) is 31.0 Å². The minimum absolute atomic E-state index is 0.259. The number of hydrogen-bond donors (Lipinski definition) is 1. The fourth-order valence-electron chi connectivity index (χ4n) is 1.87. The molecule has 0 amide bonds. The maximum Gasteiger partial charge on any atom is 0.242 e. The first-order chi connectivity index (χ1) is 9.09. The van der Waals surface area contributed by atoms with Gasteiger partial charge in [-0.15, -0.1) is 0 Å². The molecule has 6 heteroatoms. The Bertz CT molecular complexity index is 568. The quantitative estimate of drug-likeness (QED) is 0.845. The largest absolute Gasteiger partial charge is 0.397 e. The molecule has 5 nitrogen and oxygen atoms in total. The van der Waals surface area contributed by atoms with Crippen molar-refractivity contribution < 1.29 is 8.42 Å². The van der Waals surface area contributed by atoms with E-state index in [9.17, 15) is 8.42 Å². The van der Waals surface area contributed by atoms with Crippen LogP contribution in [0.4, 0.5) is 11.4 Å². The van der Waals surface area contributed by atoms with Crippen LogP contribution in [0.15, 0.2) is 23.1 Å². The molecule has 0 aliphatic carbocycles. The first-order valence-electron chi connectivity index (χ1n) is 6.64. The highest BCUT2D eigenvalue weighted by Gasteiger charge is 2.21. The van der Waals surface area contributed by atoms with Gasteiger partial charge in [0.15, 0.2) is 0 Å². The van der Waals surface area contributed by atoms with E-state index in [0.29, 0.717) is 11.6 Å². The van der Waals surface area contributed by atoms with Crippen molar-refractivity contribution in [1.82, 2.24) is 4.31 Å². The van der Waals surface area contributed by atoms with Gasteiger partial charge in [-0.25, -0.2) is 12.7 Å². The number of rotatable bonds is 5. The van der Waals surface area contributed by atoms with Crippen molar-refractivity contribution in [3.05, 3.63) is 18.2 Å². The highest BCUT2D eigenvalue weighted by atomic mass is 32.2. The summed E-state index contributed by atoms with van der Waals surface area (Å²) in [6.45, 7) is 6.34. The predicted molar refractivity (Wildman–Crippen MR) is 84.4 cm³/mol. The van der Waals surface area contributed by atoms with Crippen molar-refractivity contribution in [3.8, 4) is 0 Å². The first kappa shape index (κ1) is 16.8. The second kappa shape index (κ2) is 6.01. The zero-order valence-corrected chi connectivity index (χ0v) is 13.9. The lowest BCUT2D eigenvalue weighted by Gasteiger charge is -2.31. The summed E-state index contributed by atoms with van der Waals surface area (Å²) < 4.78 is 25.6. The van der Waals surface area contributed by atoms with Gasteiger partial charge in [0.2, 0.25) is 10.0 Å². The molecule has 1 aromatic rings. The molecule has 1 aromatic carbocycles. The van der Waals surface area contributed by atoms with Gasteiger partial charge in [0.05, 0.1) is 16.3 Å². The van der Waals surface area contributed by atoms with Gasteiger partial charge in [0.25, 0.3) is 0 Å². The molecule has 0 heterocycles. The number of nitrogens with two attached hydrogens (primary N) is 1. The third-order valence-corrected chi connectivity index (χ3v) is 5.55. The molecule has 0 radical (unpaired) electrons. The van der Waals surface area contributed by atoms with E-state index in [2.05, 4.69) is 20.8 Å². The molecule has 2 N–H and O–H groups in total. The monoisotopic (exact) mass is 299 g/mol. The lowest BCUT2D eigenvalue weighted by atomic mass is 10.0. The van der Waals surface area contributed by atoms with Gasteiger partial charge in [0, 0.05) is 27.2 Å². The van der Waals surface area contributed by atoms with Gasteiger partial charge < -0.3 is 10.6 Å². The van der Waals surface area contributed by atoms with Crippen LogP contribution in [0.5, 0.6) is 0 Å². The second-order valence-electron chi connectivity index (χ2n) is 5.60. The molecule has 0 spiro atoms. The van der Waals surface area contributed by atoms with Crippen molar-refractivity contribution >= 4 is 21.4 Å². The van der Waals surface area contributed by atoms with Gasteiger partial charge in [-0.1, -0.05) is 13.8 Å². The highest BCUT2D eigenvalue weighted by molar-refractivity contribution is 7.89. The average molecular weight is 299 g/mol. The molecule has 0 aliphatic rings. The summed E-state index contributed by atoms with van der Waals surface area (Å²) in [5.41, 5.74) is 7.32. The van der Waals surface area contributed by atoms with Crippen LogP contribution in [0, 0.1) is 5.92 Å². The van der Waals surface area contributed by atoms with E-state index in [-0.39, 0.29) is 10.9 Å². The van der Waals surface area contributed by atoms with Crippen LogP contribution in [0.25, 0.3) is 0 Å². The number of sulfonamides is 1. The minimum atomic E-state index is -3.44. The molecule has 0 saturated carbocycles. The Balaban J connectivity index is 3.30. The van der Waals surface area contributed by atoms with E-state index < -0.39 is 10.0 Å². The minimum Gasteiger partial charge on any atom is -0.397 e. The average Bonchev–Trinajstić information content (AvgIpc) is 2.36. The van der Waals surface area contributed by atoms with Crippen LogP contribution in [-0.2, 0) is 10.0 Å². The van der Waals surface area contributed by atoms with Crippen LogP contribution in [-0.4, -0.2) is 39.9 Å². The Kier molecular flexibility index (Phi) is 5.05. The fraction of sp³-hybridized carbons (Fsp3) is 0.571. The van der Waals surface area contributed by atoms with Crippen molar-refractivity contribution in [2.75, 3.05) is 31.8 Å². The van der Waals surface area contributed by atoms with Gasteiger partial charge in [-0.3, -0.25) is 0 Å². The predicted octanol–water partition coefficient (Wildman–Crippen LogP) is 2.00. The number of nitrogen functional groups attached to an aromatic ring is 1. The number of nitrogens with zero attached hydrogens (tertiary/aromatic N) is 2. The summed E-state index contributed by atoms with van der Waals surface area (Å²) in [5.74, 6) is 0.438. The SMILES string of the molecule is CC(C)C(C)N(C)c1cc(S(=O)(=O)N(C)C)ccc1N. The maximum absolute atomic E-state index is 12.2. The summed E-state index contributed by atoms with van der Waals surface area (Å²) in [6.07, 6.45) is 0. The Hall–Kier alpha value is -1.27. The molecule has 0 bridgehead atoms. The fourth-order valence-corrected chi connectivity index (χ4v) is 2.79. The molecule has 0 fully saturated rings. The Morgan fingerprint density at radius 2 is 1.65 bits per heavy atom. The van der Waals surface area contributed by atoms with Crippen molar-refractivity contribution in [1.29, 1.82) is 0 Å². The van der Waals surface area contributed by atoms with E-state index in [1.54, 1.807) is 18.2 Å². The lowest BCUT2D eigenvalue weighted by molar-refractivity contribution is 0.505. The van der Waals surface area contributed by atoms with E-state index in [4.69, 9.17) is 5.73 Å². The van der Waals surface area contributed by atoms with E-state index in [1.165, 1.54) is 18.4 Å². The van der Waals surface area contributed by atoms with Crippen LogP contribution in [0.3, 0.4) is 0 Å². The summed E-state index contributed by atoms with van der Waals surface area (Å²) >= 11 is 0. The Labute approximate surface area is 122 Å². The van der Waals surface area contributed by atoms with Gasteiger partial charge in [0.1, 0.15) is 0 Å². The number of benzene rings is 1. The van der Waals surface area contributed by atoms with E-state index in [0.717, 1.165) is 5.69 Å². The molecular weight excluding hydrogens is 274 g/mol. The molecule has 0 aliphatic heterocycles. The van der Waals surface area contributed by atoms with Crippen LogP contribution < -0.4 is 10.6 Å². The van der Waals surface area contributed by atoms with E-state index in [1.807, 2.05) is 11.9 Å². The molecule has 20 heavy (non-hydrogen) atoms.